The molecule has 0 radical (unpaired) electrons. The first-order valence-corrected chi connectivity index (χ1v) is 5.77. The van der Waals surface area contributed by atoms with Gasteiger partial charge in [-0.1, -0.05) is 30.3 Å². The summed E-state index contributed by atoms with van der Waals surface area (Å²) < 4.78 is 0. The van der Waals surface area contributed by atoms with Crippen LogP contribution in [-0.4, -0.2) is 23.5 Å². The Kier molecular flexibility index (Phi) is 3.74. The molecule has 0 spiro atoms. The van der Waals surface area contributed by atoms with Gasteiger partial charge in [-0.15, -0.1) is 0 Å². The maximum Gasteiger partial charge on any atom is 0.0621 e. The quantitative estimate of drug-likeness (QED) is 0.696. The molecule has 0 aromatic heterocycles. The SMILES string of the molecule is CC1=C(CCNO)/C(=C/CO)c2ccccc21. The zero-order chi connectivity index (χ0) is 12.3. The van der Waals surface area contributed by atoms with Crippen molar-refractivity contribution in [2.45, 2.75) is 13.3 Å². The number of benzene rings is 1. The molecule has 0 unspecified atom stereocenters. The van der Waals surface area contributed by atoms with E-state index in [1.165, 1.54) is 22.3 Å². The second kappa shape index (κ2) is 5.27. The molecule has 0 saturated carbocycles. The van der Waals surface area contributed by atoms with E-state index < -0.39 is 0 Å². The summed E-state index contributed by atoms with van der Waals surface area (Å²) in [5, 5.41) is 17.8. The highest BCUT2D eigenvalue weighted by Gasteiger charge is 2.22. The maximum absolute atomic E-state index is 9.12. The molecule has 3 nitrogen and oxygen atoms in total. The molecule has 1 aliphatic carbocycles. The van der Waals surface area contributed by atoms with E-state index in [0.717, 1.165) is 12.0 Å². The van der Waals surface area contributed by atoms with Crippen LogP contribution in [0.15, 0.2) is 35.9 Å². The van der Waals surface area contributed by atoms with Gasteiger partial charge in [0.2, 0.25) is 0 Å². The highest BCUT2D eigenvalue weighted by atomic mass is 16.5. The number of hydrogen-bond acceptors (Lipinski definition) is 3. The van der Waals surface area contributed by atoms with Gasteiger partial charge in [0.25, 0.3) is 0 Å². The molecule has 0 fully saturated rings. The van der Waals surface area contributed by atoms with E-state index in [4.69, 9.17) is 10.3 Å². The third-order valence-electron chi connectivity index (χ3n) is 3.18. The van der Waals surface area contributed by atoms with Gasteiger partial charge in [0.05, 0.1) is 6.61 Å². The third-order valence-corrected chi connectivity index (χ3v) is 3.18. The lowest BCUT2D eigenvalue weighted by molar-refractivity contribution is 0.168. The number of nitrogens with one attached hydrogen (secondary N) is 1. The van der Waals surface area contributed by atoms with Gasteiger partial charge >= 0.3 is 0 Å². The number of fused-ring (bicyclic) bond motifs is 1. The van der Waals surface area contributed by atoms with Crippen LogP contribution in [0.5, 0.6) is 0 Å². The van der Waals surface area contributed by atoms with E-state index in [-0.39, 0.29) is 6.61 Å². The lowest BCUT2D eigenvalue weighted by atomic mass is 10.0. The Morgan fingerprint density at radius 3 is 2.59 bits per heavy atom. The fraction of sp³-hybridized carbons (Fsp3) is 0.286. The maximum atomic E-state index is 9.12. The van der Waals surface area contributed by atoms with E-state index in [2.05, 4.69) is 24.5 Å². The highest BCUT2D eigenvalue weighted by Crippen LogP contribution is 2.42. The van der Waals surface area contributed by atoms with Crippen molar-refractivity contribution in [1.82, 2.24) is 5.48 Å². The van der Waals surface area contributed by atoms with Crippen molar-refractivity contribution >= 4 is 11.1 Å². The van der Waals surface area contributed by atoms with Crippen molar-refractivity contribution < 1.29 is 10.3 Å². The molecule has 0 heterocycles. The van der Waals surface area contributed by atoms with Gasteiger partial charge in [-0.25, -0.2) is 5.48 Å². The Balaban J connectivity index is 2.44. The molecule has 3 N–H and O–H groups in total. The molecule has 0 bridgehead atoms. The van der Waals surface area contributed by atoms with Crippen molar-refractivity contribution in [3.05, 3.63) is 47.0 Å². The van der Waals surface area contributed by atoms with Crippen LogP contribution in [0, 0.1) is 0 Å². The van der Waals surface area contributed by atoms with Gasteiger partial charge in [0.1, 0.15) is 0 Å². The zero-order valence-electron chi connectivity index (χ0n) is 9.90. The smallest absolute Gasteiger partial charge is 0.0621 e. The number of allylic oxidation sites excluding steroid dienone is 2. The van der Waals surface area contributed by atoms with Crippen LogP contribution in [0.2, 0.25) is 0 Å². The fourth-order valence-electron chi connectivity index (χ4n) is 2.40. The number of aliphatic hydroxyl groups is 1. The Labute approximate surface area is 101 Å². The molecular formula is C14H17NO2. The predicted molar refractivity (Wildman–Crippen MR) is 68.5 cm³/mol. The Hall–Kier alpha value is -1.42. The zero-order valence-corrected chi connectivity index (χ0v) is 9.90. The molecule has 1 aromatic rings. The minimum atomic E-state index is 0.0347. The standard InChI is InChI=1S/C14H17NO2/c1-10-11-4-2-3-5-13(11)14(7-9-16)12(10)6-8-15-17/h2-5,7,15-17H,6,8-9H2,1H3/b14-7-. The van der Waals surface area contributed by atoms with Crippen molar-refractivity contribution in [1.29, 1.82) is 0 Å². The van der Waals surface area contributed by atoms with Crippen LogP contribution in [0.1, 0.15) is 24.5 Å². The first kappa shape index (κ1) is 12.0. The third kappa shape index (κ3) is 2.17. The summed E-state index contributed by atoms with van der Waals surface area (Å²) in [4.78, 5) is 0. The van der Waals surface area contributed by atoms with Gasteiger partial charge in [0.15, 0.2) is 0 Å². The van der Waals surface area contributed by atoms with Crippen molar-refractivity contribution in [2.24, 2.45) is 0 Å². The Morgan fingerprint density at radius 2 is 1.94 bits per heavy atom. The number of hydrogen-bond donors (Lipinski definition) is 3. The summed E-state index contributed by atoms with van der Waals surface area (Å²) in [5.41, 5.74) is 8.10. The summed E-state index contributed by atoms with van der Waals surface area (Å²) in [5.74, 6) is 0. The second-order valence-corrected chi connectivity index (χ2v) is 4.11. The summed E-state index contributed by atoms with van der Waals surface area (Å²) >= 11 is 0. The summed E-state index contributed by atoms with van der Waals surface area (Å²) in [7, 11) is 0. The van der Waals surface area contributed by atoms with Gasteiger partial charge in [-0.05, 0) is 41.2 Å². The topological polar surface area (TPSA) is 52.5 Å². The minimum Gasteiger partial charge on any atom is -0.392 e. The molecular weight excluding hydrogens is 214 g/mol. The van der Waals surface area contributed by atoms with Crippen LogP contribution in [-0.2, 0) is 0 Å². The summed E-state index contributed by atoms with van der Waals surface area (Å²) in [6.07, 6.45) is 2.59. The summed E-state index contributed by atoms with van der Waals surface area (Å²) in [6.45, 7) is 2.64. The van der Waals surface area contributed by atoms with Crippen LogP contribution in [0.4, 0.5) is 0 Å². The van der Waals surface area contributed by atoms with E-state index >= 15 is 0 Å². The number of hydroxylamine groups is 1. The molecule has 1 aliphatic rings. The molecule has 2 rings (SSSR count). The van der Waals surface area contributed by atoms with Crippen LogP contribution < -0.4 is 5.48 Å². The van der Waals surface area contributed by atoms with E-state index in [1.807, 2.05) is 18.2 Å². The van der Waals surface area contributed by atoms with Gasteiger partial charge in [-0.3, -0.25) is 0 Å². The average molecular weight is 231 g/mol. The normalized spacial score (nSPS) is 16.8. The second-order valence-electron chi connectivity index (χ2n) is 4.11. The molecule has 0 amide bonds. The summed E-state index contributed by atoms with van der Waals surface area (Å²) in [6, 6.07) is 8.19. The van der Waals surface area contributed by atoms with E-state index in [9.17, 15) is 0 Å². The van der Waals surface area contributed by atoms with Gasteiger partial charge in [-0.2, -0.15) is 0 Å². The predicted octanol–water partition coefficient (Wildman–Crippen LogP) is 2.22. The van der Waals surface area contributed by atoms with E-state index in [1.54, 1.807) is 0 Å². The molecule has 90 valence electrons. The van der Waals surface area contributed by atoms with E-state index in [0.29, 0.717) is 6.54 Å². The molecule has 3 heteroatoms. The number of aliphatic hydroxyl groups excluding tert-OH is 1. The number of rotatable bonds is 4. The molecule has 0 aliphatic heterocycles. The molecule has 0 saturated heterocycles. The fourth-order valence-corrected chi connectivity index (χ4v) is 2.40. The molecule has 1 aromatic carbocycles. The lowest BCUT2D eigenvalue weighted by Gasteiger charge is -2.07. The average Bonchev–Trinajstić information content (AvgIpc) is 2.62. The lowest BCUT2D eigenvalue weighted by Crippen LogP contribution is -2.09. The minimum absolute atomic E-state index is 0.0347. The Morgan fingerprint density at radius 1 is 1.24 bits per heavy atom. The van der Waals surface area contributed by atoms with Crippen molar-refractivity contribution in [3.63, 3.8) is 0 Å². The van der Waals surface area contributed by atoms with Crippen LogP contribution in [0.3, 0.4) is 0 Å². The first-order valence-electron chi connectivity index (χ1n) is 5.77. The van der Waals surface area contributed by atoms with Crippen molar-refractivity contribution in [3.8, 4) is 0 Å². The first-order chi connectivity index (χ1) is 8.29. The highest BCUT2D eigenvalue weighted by molar-refractivity contribution is 5.99. The monoisotopic (exact) mass is 231 g/mol. The largest absolute Gasteiger partial charge is 0.392 e. The Bertz CT molecular complexity index is 475. The molecule has 0 atom stereocenters. The van der Waals surface area contributed by atoms with Gasteiger partial charge in [0, 0.05) is 6.54 Å². The van der Waals surface area contributed by atoms with Crippen LogP contribution in [0.25, 0.3) is 11.1 Å². The van der Waals surface area contributed by atoms with Gasteiger partial charge < -0.3 is 10.3 Å². The van der Waals surface area contributed by atoms with Crippen LogP contribution >= 0.6 is 0 Å². The molecule has 17 heavy (non-hydrogen) atoms. The van der Waals surface area contributed by atoms with Crippen molar-refractivity contribution in [2.75, 3.05) is 13.2 Å².